The van der Waals surface area contributed by atoms with Gasteiger partial charge in [-0.3, -0.25) is 0 Å². The van der Waals surface area contributed by atoms with Crippen LogP contribution in [-0.4, -0.2) is 0 Å². The minimum Gasteiger partial charge on any atom is -0.0786 e. The third-order valence-corrected chi connectivity index (χ3v) is 2.97. The van der Waals surface area contributed by atoms with Gasteiger partial charge < -0.3 is 0 Å². The molecule has 0 N–H and O–H groups in total. The summed E-state index contributed by atoms with van der Waals surface area (Å²) in [5.41, 5.74) is 5.74. The summed E-state index contributed by atoms with van der Waals surface area (Å²) in [6.07, 6.45) is 5.80. The second kappa shape index (κ2) is 4.06. The van der Waals surface area contributed by atoms with E-state index in [0.717, 1.165) is 6.42 Å². The number of benzene rings is 1. The average molecular weight is 198 g/mol. The highest BCUT2D eigenvalue weighted by atomic mass is 14.1. The normalized spacial score (nSPS) is 24.3. The van der Waals surface area contributed by atoms with Crippen LogP contribution in [0.2, 0.25) is 0 Å². The van der Waals surface area contributed by atoms with E-state index in [4.69, 9.17) is 0 Å². The Hall–Kier alpha value is -1.30. The summed E-state index contributed by atoms with van der Waals surface area (Å²) in [5, 5.41) is 0. The van der Waals surface area contributed by atoms with E-state index in [2.05, 4.69) is 57.2 Å². The van der Waals surface area contributed by atoms with E-state index in [1.807, 2.05) is 0 Å². The molecule has 2 rings (SSSR count). The molecule has 1 unspecified atom stereocenters. The van der Waals surface area contributed by atoms with Crippen molar-refractivity contribution in [3.63, 3.8) is 0 Å². The molecule has 78 valence electrons. The van der Waals surface area contributed by atoms with Crippen molar-refractivity contribution in [1.29, 1.82) is 0 Å². The van der Waals surface area contributed by atoms with E-state index < -0.39 is 0 Å². The van der Waals surface area contributed by atoms with E-state index in [1.165, 1.54) is 22.3 Å². The van der Waals surface area contributed by atoms with Gasteiger partial charge >= 0.3 is 0 Å². The minimum absolute atomic E-state index is 0.554. The monoisotopic (exact) mass is 198 g/mol. The number of hydrogen-bond donors (Lipinski definition) is 0. The van der Waals surface area contributed by atoms with Gasteiger partial charge in [0.1, 0.15) is 0 Å². The highest BCUT2D eigenvalue weighted by Gasteiger charge is 2.08. The zero-order valence-electron chi connectivity index (χ0n) is 9.75. The molecule has 1 atom stereocenters. The van der Waals surface area contributed by atoms with Gasteiger partial charge in [0.25, 0.3) is 0 Å². The molecule has 1 aliphatic rings. The van der Waals surface area contributed by atoms with Gasteiger partial charge in [0.15, 0.2) is 0 Å². The fraction of sp³-hybridized carbons (Fsp3) is 0.333. The van der Waals surface area contributed by atoms with Crippen molar-refractivity contribution in [3.8, 4) is 0 Å². The molecule has 0 heterocycles. The van der Waals surface area contributed by atoms with Gasteiger partial charge in [-0.25, -0.2) is 0 Å². The van der Waals surface area contributed by atoms with Crippen LogP contribution in [0, 0.1) is 5.92 Å². The topological polar surface area (TPSA) is 0 Å². The largest absolute Gasteiger partial charge is 0.0786 e. The summed E-state index contributed by atoms with van der Waals surface area (Å²) < 4.78 is 0. The van der Waals surface area contributed by atoms with Gasteiger partial charge in [-0.2, -0.15) is 0 Å². The third kappa shape index (κ3) is 2.20. The lowest BCUT2D eigenvalue weighted by molar-refractivity contribution is 0.905. The SMILES string of the molecule is CC1=CC(C)/C=C(/C)c2ccccc2C1. The molecule has 0 nitrogen and oxygen atoms in total. The lowest BCUT2D eigenvalue weighted by atomic mass is 9.90. The first-order chi connectivity index (χ1) is 7.16. The lowest BCUT2D eigenvalue weighted by Crippen LogP contribution is -1.99. The maximum Gasteiger partial charge on any atom is -0.00636 e. The van der Waals surface area contributed by atoms with Gasteiger partial charge in [0, 0.05) is 0 Å². The van der Waals surface area contributed by atoms with Gasteiger partial charge in [-0.05, 0) is 42.9 Å². The molecule has 0 amide bonds. The predicted octanol–water partition coefficient (Wildman–Crippen LogP) is 4.23. The molecule has 0 aromatic heterocycles. The van der Waals surface area contributed by atoms with Gasteiger partial charge in [0.05, 0.1) is 0 Å². The van der Waals surface area contributed by atoms with E-state index in [-0.39, 0.29) is 0 Å². The molecule has 1 aliphatic carbocycles. The van der Waals surface area contributed by atoms with Crippen LogP contribution < -0.4 is 0 Å². The molecule has 0 spiro atoms. The first-order valence-electron chi connectivity index (χ1n) is 5.61. The molecule has 0 fully saturated rings. The second-order valence-electron chi connectivity index (χ2n) is 4.56. The maximum atomic E-state index is 2.36. The van der Waals surface area contributed by atoms with Crippen molar-refractivity contribution in [2.45, 2.75) is 27.2 Å². The maximum absolute atomic E-state index is 2.36. The van der Waals surface area contributed by atoms with Crippen LogP contribution in [0.15, 0.2) is 42.0 Å². The third-order valence-electron chi connectivity index (χ3n) is 2.97. The number of fused-ring (bicyclic) bond motifs is 1. The Balaban J connectivity index is 2.54. The number of allylic oxidation sites excluding steroid dienone is 4. The quantitative estimate of drug-likeness (QED) is 0.547. The smallest absolute Gasteiger partial charge is 0.00636 e. The molecular weight excluding hydrogens is 180 g/mol. The van der Waals surface area contributed by atoms with E-state index in [9.17, 15) is 0 Å². The Morgan fingerprint density at radius 2 is 1.80 bits per heavy atom. The molecule has 0 radical (unpaired) electrons. The van der Waals surface area contributed by atoms with E-state index in [0.29, 0.717) is 5.92 Å². The zero-order valence-corrected chi connectivity index (χ0v) is 9.75. The van der Waals surface area contributed by atoms with Crippen LogP contribution in [0.25, 0.3) is 5.57 Å². The van der Waals surface area contributed by atoms with Crippen molar-refractivity contribution >= 4 is 5.57 Å². The Labute approximate surface area is 92.3 Å². The predicted molar refractivity (Wildman–Crippen MR) is 66.7 cm³/mol. The standard InChI is InChI=1S/C15H18/c1-11-8-12(2)10-14-6-4-5-7-15(14)13(3)9-11/h4-9,11H,10H2,1-3H3/b12-8?,13-9-. The fourth-order valence-electron chi connectivity index (χ4n) is 2.40. The summed E-state index contributed by atoms with van der Waals surface area (Å²) in [4.78, 5) is 0. The molecular formula is C15H18. The van der Waals surface area contributed by atoms with Crippen molar-refractivity contribution in [2.24, 2.45) is 5.92 Å². The minimum atomic E-state index is 0.554. The first-order valence-corrected chi connectivity index (χ1v) is 5.61. The van der Waals surface area contributed by atoms with Crippen molar-refractivity contribution in [1.82, 2.24) is 0 Å². The number of hydrogen-bond acceptors (Lipinski definition) is 0. The first kappa shape index (κ1) is 10.2. The Bertz CT molecular complexity index is 421. The Morgan fingerprint density at radius 1 is 1.07 bits per heavy atom. The molecule has 0 saturated heterocycles. The summed E-state index contributed by atoms with van der Waals surface area (Å²) >= 11 is 0. The zero-order chi connectivity index (χ0) is 10.8. The lowest BCUT2D eigenvalue weighted by Gasteiger charge is -2.15. The van der Waals surface area contributed by atoms with Gasteiger partial charge in [0.2, 0.25) is 0 Å². The van der Waals surface area contributed by atoms with E-state index >= 15 is 0 Å². The molecule has 0 saturated carbocycles. The van der Waals surface area contributed by atoms with Crippen molar-refractivity contribution < 1.29 is 0 Å². The molecule has 1 aromatic rings. The van der Waals surface area contributed by atoms with Crippen LogP contribution >= 0.6 is 0 Å². The number of rotatable bonds is 0. The second-order valence-corrected chi connectivity index (χ2v) is 4.56. The van der Waals surface area contributed by atoms with Crippen molar-refractivity contribution in [3.05, 3.63) is 53.1 Å². The van der Waals surface area contributed by atoms with Crippen LogP contribution in [0.4, 0.5) is 0 Å². The molecule has 15 heavy (non-hydrogen) atoms. The molecule has 1 aromatic carbocycles. The Morgan fingerprint density at radius 3 is 2.60 bits per heavy atom. The highest BCUT2D eigenvalue weighted by molar-refractivity contribution is 5.68. The van der Waals surface area contributed by atoms with Gasteiger partial charge in [-0.15, -0.1) is 0 Å². The van der Waals surface area contributed by atoms with E-state index in [1.54, 1.807) is 0 Å². The summed E-state index contributed by atoms with van der Waals surface area (Å²) in [6.45, 7) is 6.69. The van der Waals surface area contributed by atoms with Crippen LogP contribution in [-0.2, 0) is 6.42 Å². The molecule has 0 bridgehead atoms. The molecule has 0 aliphatic heterocycles. The van der Waals surface area contributed by atoms with Crippen LogP contribution in [0.5, 0.6) is 0 Å². The van der Waals surface area contributed by atoms with Gasteiger partial charge in [-0.1, -0.05) is 48.9 Å². The average Bonchev–Trinajstić information content (AvgIpc) is 2.16. The summed E-state index contributed by atoms with van der Waals surface area (Å²) in [7, 11) is 0. The van der Waals surface area contributed by atoms with Crippen LogP contribution in [0.3, 0.4) is 0 Å². The Kier molecular flexibility index (Phi) is 2.77. The summed E-state index contributed by atoms with van der Waals surface area (Å²) in [5.74, 6) is 0.554. The molecule has 0 heteroatoms. The van der Waals surface area contributed by atoms with Crippen molar-refractivity contribution in [2.75, 3.05) is 0 Å². The van der Waals surface area contributed by atoms with Crippen LogP contribution in [0.1, 0.15) is 31.9 Å². The highest BCUT2D eigenvalue weighted by Crippen LogP contribution is 2.26. The fourth-order valence-corrected chi connectivity index (χ4v) is 2.40. The summed E-state index contributed by atoms with van der Waals surface area (Å²) in [6, 6.07) is 8.72.